The van der Waals surface area contributed by atoms with Crippen LogP contribution in [-0.2, 0) is 6.61 Å². The van der Waals surface area contributed by atoms with Gasteiger partial charge in [-0.05, 0) is 48.2 Å². The second-order valence-corrected chi connectivity index (χ2v) is 5.46. The van der Waals surface area contributed by atoms with Gasteiger partial charge in [0, 0.05) is 17.3 Å². The van der Waals surface area contributed by atoms with Gasteiger partial charge in [0.25, 0.3) is 0 Å². The van der Waals surface area contributed by atoms with Gasteiger partial charge in [-0.2, -0.15) is 5.10 Å². The molecule has 0 fully saturated rings. The third-order valence-corrected chi connectivity index (χ3v) is 3.88. The molecule has 0 aliphatic rings. The van der Waals surface area contributed by atoms with Crippen LogP contribution < -0.4 is 4.74 Å². The molecule has 0 aliphatic carbocycles. The first kappa shape index (κ1) is 13.8. The lowest BCUT2D eigenvalue weighted by atomic mass is 10.2. The average Bonchev–Trinajstić information content (AvgIpc) is 3.08. The Kier molecular flexibility index (Phi) is 4.26. The lowest BCUT2D eigenvalue weighted by molar-refractivity contribution is 0.305. The second kappa shape index (κ2) is 6.50. The van der Waals surface area contributed by atoms with Gasteiger partial charge in [-0.25, -0.2) is 4.68 Å². The summed E-state index contributed by atoms with van der Waals surface area (Å²) in [5.41, 5.74) is 2.19. The zero-order chi connectivity index (χ0) is 14.5. The molecule has 0 bridgehead atoms. The summed E-state index contributed by atoms with van der Waals surface area (Å²) < 4.78 is 7.67. The Morgan fingerprint density at radius 2 is 1.95 bits per heavy atom. The average molecular weight is 296 g/mol. The lowest BCUT2D eigenvalue weighted by Crippen LogP contribution is -1.97. The number of hydrogen-bond donors (Lipinski definition) is 0. The molecule has 0 N–H and O–H groups in total. The van der Waals surface area contributed by atoms with Crippen molar-refractivity contribution in [2.45, 2.75) is 11.5 Å². The standard InChI is InChI=1S/C17H16N2OS/c1-21-17-5-2-4-16(12-17)20-13-14-6-8-15(9-7-14)19-11-3-10-18-19/h2-12H,13H2,1H3. The molecule has 0 radical (unpaired) electrons. The maximum absolute atomic E-state index is 5.83. The van der Waals surface area contributed by atoms with E-state index in [2.05, 4.69) is 35.6 Å². The predicted molar refractivity (Wildman–Crippen MR) is 86.1 cm³/mol. The van der Waals surface area contributed by atoms with Gasteiger partial charge in [0.05, 0.1) is 5.69 Å². The summed E-state index contributed by atoms with van der Waals surface area (Å²) in [5, 5.41) is 4.21. The number of thioether (sulfide) groups is 1. The van der Waals surface area contributed by atoms with Crippen LogP contribution in [0.15, 0.2) is 71.9 Å². The van der Waals surface area contributed by atoms with Crippen LogP contribution in [0.1, 0.15) is 5.56 Å². The van der Waals surface area contributed by atoms with Crippen molar-refractivity contribution < 1.29 is 4.74 Å². The van der Waals surface area contributed by atoms with Crippen LogP contribution in [0, 0.1) is 0 Å². The van der Waals surface area contributed by atoms with Crippen LogP contribution in [0.3, 0.4) is 0 Å². The molecule has 3 rings (SSSR count). The van der Waals surface area contributed by atoms with E-state index in [1.807, 2.05) is 41.2 Å². The normalized spacial score (nSPS) is 10.5. The Morgan fingerprint density at radius 1 is 1.10 bits per heavy atom. The first-order valence-corrected chi connectivity index (χ1v) is 7.93. The second-order valence-electron chi connectivity index (χ2n) is 4.58. The first-order valence-electron chi connectivity index (χ1n) is 6.71. The molecule has 0 saturated carbocycles. The largest absolute Gasteiger partial charge is 0.489 e. The predicted octanol–water partition coefficient (Wildman–Crippen LogP) is 4.17. The topological polar surface area (TPSA) is 27.1 Å². The van der Waals surface area contributed by atoms with Crippen molar-refractivity contribution in [2.75, 3.05) is 6.26 Å². The highest BCUT2D eigenvalue weighted by atomic mass is 32.2. The van der Waals surface area contributed by atoms with Crippen LogP contribution in [0.25, 0.3) is 5.69 Å². The van der Waals surface area contributed by atoms with Gasteiger partial charge in [-0.1, -0.05) is 18.2 Å². The summed E-state index contributed by atoms with van der Waals surface area (Å²) in [7, 11) is 0. The molecule has 2 aromatic carbocycles. The molecule has 0 saturated heterocycles. The summed E-state index contributed by atoms with van der Waals surface area (Å²) in [6.07, 6.45) is 5.77. The summed E-state index contributed by atoms with van der Waals surface area (Å²) in [6.45, 7) is 0.567. The van der Waals surface area contributed by atoms with E-state index in [0.717, 1.165) is 17.0 Å². The molecule has 0 spiro atoms. The monoisotopic (exact) mass is 296 g/mol. The Morgan fingerprint density at radius 3 is 2.67 bits per heavy atom. The Hall–Kier alpha value is -2.20. The van der Waals surface area contributed by atoms with Gasteiger partial charge in [0.15, 0.2) is 0 Å². The van der Waals surface area contributed by atoms with Crippen molar-refractivity contribution >= 4 is 11.8 Å². The highest BCUT2D eigenvalue weighted by molar-refractivity contribution is 7.98. The van der Waals surface area contributed by atoms with Gasteiger partial charge in [0.2, 0.25) is 0 Å². The maximum atomic E-state index is 5.83. The molecular formula is C17H16N2OS. The van der Waals surface area contributed by atoms with E-state index in [1.54, 1.807) is 18.0 Å². The van der Waals surface area contributed by atoms with Gasteiger partial charge < -0.3 is 4.74 Å². The van der Waals surface area contributed by atoms with Crippen LogP contribution in [-0.4, -0.2) is 16.0 Å². The molecule has 0 aliphatic heterocycles. The van der Waals surface area contributed by atoms with Crippen molar-refractivity contribution in [3.63, 3.8) is 0 Å². The fourth-order valence-electron chi connectivity index (χ4n) is 2.02. The quantitative estimate of drug-likeness (QED) is 0.661. The van der Waals surface area contributed by atoms with E-state index in [1.165, 1.54) is 4.90 Å². The SMILES string of the molecule is CSc1cccc(OCc2ccc(-n3cccn3)cc2)c1. The molecule has 0 atom stereocenters. The number of ether oxygens (including phenoxy) is 1. The van der Waals surface area contributed by atoms with Crippen molar-refractivity contribution in [3.05, 3.63) is 72.6 Å². The van der Waals surface area contributed by atoms with E-state index in [0.29, 0.717) is 6.61 Å². The van der Waals surface area contributed by atoms with Gasteiger partial charge in [-0.3, -0.25) is 0 Å². The summed E-state index contributed by atoms with van der Waals surface area (Å²) >= 11 is 1.72. The van der Waals surface area contributed by atoms with E-state index in [-0.39, 0.29) is 0 Å². The van der Waals surface area contributed by atoms with Crippen molar-refractivity contribution in [1.82, 2.24) is 9.78 Å². The van der Waals surface area contributed by atoms with Crippen molar-refractivity contribution in [1.29, 1.82) is 0 Å². The maximum Gasteiger partial charge on any atom is 0.120 e. The fraction of sp³-hybridized carbons (Fsp3) is 0.118. The molecule has 0 unspecified atom stereocenters. The summed E-state index contributed by atoms with van der Waals surface area (Å²) in [6, 6.07) is 18.3. The van der Waals surface area contributed by atoms with Gasteiger partial charge >= 0.3 is 0 Å². The highest BCUT2D eigenvalue weighted by Crippen LogP contribution is 2.21. The van der Waals surface area contributed by atoms with E-state index in [4.69, 9.17) is 4.74 Å². The number of hydrogen-bond acceptors (Lipinski definition) is 3. The number of benzene rings is 2. The molecule has 3 nitrogen and oxygen atoms in total. The molecule has 1 aromatic heterocycles. The lowest BCUT2D eigenvalue weighted by Gasteiger charge is -2.08. The van der Waals surface area contributed by atoms with E-state index < -0.39 is 0 Å². The third kappa shape index (κ3) is 3.47. The smallest absolute Gasteiger partial charge is 0.120 e. The van der Waals surface area contributed by atoms with Gasteiger partial charge in [0.1, 0.15) is 12.4 Å². The van der Waals surface area contributed by atoms with Crippen LogP contribution in [0.5, 0.6) is 5.75 Å². The number of nitrogens with zero attached hydrogens (tertiary/aromatic N) is 2. The molecule has 4 heteroatoms. The minimum absolute atomic E-state index is 0.567. The minimum Gasteiger partial charge on any atom is -0.489 e. The number of aromatic nitrogens is 2. The molecule has 21 heavy (non-hydrogen) atoms. The van der Waals surface area contributed by atoms with Crippen LogP contribution >= 0.6 is 11.8 Å². The zero-order valence-corrected chi connectivity index (χ0v) is 12.6. The summed E-state index contributed by atoms with van der Waals surface area (Å²) in [4.78, 5) is 1.21. The number of rotatable bonds is 5. The Labute approximate surface area is 128 Å². The molecule has 0 amide bonds. The highest BCUT2D eigenvalue weighted by Gasteiger charge is 2.00. The van der Waals surface area contributed by atoms with Crippen molar-refractivity contribution in [2.24, 2.45) is 0 Å². The fourth-order valence-corrected chi connectivity index (χ4v) is 2.47. The first-order chi connectivity index (χ1) is 10.3. The Bertz CT molecular complexity index is 693. The molecule has 106 valence electrons. The van der Waals surface area contributed by atoms with Crippen molar-refractivity contribution in [3.8, 4) is 11.4 Å². The summed E-state index contributed by atoms with van der Waals surface area (Å²) in [5.74, 6) is 0.901. The van der Waals surface area contributed by atoms with E-state index >= 15 is 0 Å². The minimum atomic E-state index is 0.567. The zero-order valence-electron chi connectivity index (χ0n) is 11.8. The van der Waals surface area contributed by atoms with Crippen LogP contribution in [0.2, 0.25) is 0 Å². The van der Waals surface area contributed by atoms with Crippen LogP contribution in [0.4, 0.5) is 0 Å². The third-order valence-electron chi connectivity index (χ3n) is 3.15. The Balaban J connectivity index is 1.65. The molecule has 1 heterocycles. The molecular weight excluding hydrogens is 280 g/mol. The van der Waals surface area contributed by atoms with E-state index in [9.17, 15) is 0 Å². The molecule has 3 aromatic rings. The van der Waals surface area contributed by atoms with Gasteiger partial charge in [-0.15, -0.1) is 11.8 Å².